The van der Waals surface area contributed by atoms with Crippen LogP contribution in [-0.4, -0.2) is 0 Å². The Hall–Kier alpha value is -2.02. The third-order valence-corrected chi connectivity index (χ3v) is 3.11. The fraction of sp³-hybridized carbons (Fsp3) is 0.125. The quantitative estimate of drug-likeness (QED) is 0.614. The van der Waals surface area contributed by atoms with Crippen molar-refractivity contribution in [1.29, 1.82) is 0 Å². The van der Waals surface area contributed by atoms with Crippen molar-refractivity contribution < 1.29 is 4.42 Å². The zero-order valence-corrected chi connectivity index (χ0v) is 9.81. The van der Waals surface area contributed by atoms with E-state index in [9.17, 15) is 0 Å². The van der Waals surface area contributed by atoms with Crippen molar-refractivity contribution in [3.8, 4) is 11.3 Å². The van der Waals surface area contributed by atoms with Crippen molar-refractivity contribution in [3.63, 3.8) is 0 Å². The second kappa shape index (κ2) is 4.10. The fourth-order valence-electron chi connectivity index (χ4n) is 2.14. The molecule has 0 radical (unpaired) electrons. The lowest BCUT2D eigenvalue weighted by Gasteiger charge is -1.99. The van der Waals surface area contributed by atoms with Crippen LogP contribution in [0, 0.1) is 0 Å². The summed E-state index contributed by atoms with van der Waals surface area (Å²) >= 11 is 0. The fourth-order valence-corrected chi connectivity index (χ4v) is 2.14. The van der Waals surface area contributed by atoms with Gasteiger partial charge < -0.3 is 4.42 Å². The molecule has 84 valence electrons. The van der Waals surface area contributed by atoms with E-state index in [-0.39, 0.29) is 0 Å². The Balaban J connectivity index is 2.19. The molecule has 17 heavy (non-hydrogen) atoms. The Bertz CT molecular complexity index is 635. The first-order chi connectivity index (χ1) is 8.38. The molecule has 3 aromatic rings. The molecule has 0 saturated carbocycles. The third kappa shape index (κ3) is 1.74. The van der Waals surface area contributed by atoms with Crippen molar-refractivity contribution in [2.75, 3.05) is 0 Å². The van der Waals surface area contributed by atoms with Crippen LogP contribution < -0.4 is 0 Å². The Morgan fingerprint density at radius 1 is 1.00 bits per heavy atom. The average molecular weight is 222 g/mol. The molecule has 1 heteroatoms. The van der Waals surface area contributed by atoms with E-state index in [2.05, 4.69) is 37.3 Å². The van der Waals surface area contributed by atoms with Gasteiger partial charge in [-0.2, -0.15) is 0 Å². The van der Waals surface area contributed by atoms with Crippen LogP contribution in [0.25, 0.3) is 22.1 Å². The van der Waals surface area contributed by atoms with Crippen LogP contribution in [0.3, 0.4) is 0 Å². The van der Waals surface area contributed by atoms with E-state index in [1.54, 1.807) is 0 Å². The largest absolute Gasteiger partial charge is 0.463 e. The summed E-state index contributed by atoms with van der Waals surface area (Å²) in [6.07, 6.45) is 2.90. The number of fused-ring (bicyclic) bond motifs is 1. The van der Waals surface area contributed by atoms with Crippen molar-refractivity contribution >= 4 is 10.8 Å². The lowest BCUT2D eigenvalue weighted by atomic mass is 10.0. The SMILES string of the molecule is CCc1ccc2c(-c3ccccc3)occ2c1. The zero-order chi connectivity index (χ0) is 11.7. The van der Waals surface area contributed by atoms with Crippen LogP contribution in [0.4, 0.5) is 0 Å². The highest BCUT2D eigenvalue weighted by Crippen LogP contribution is 2.30. The number of furan rings is 1. The number of rotatable bonds is 2. The van der Waals surface area contributed by atoms with Crippen LogP contribution in [-0.2, 0) is 6.42 Å². The van der Waals surface area contributed by atoms with Gasteiger partial charge in [0.15, 0.2) is 0 Å². The van der Waals surface area contributed by atoms with Gasteiger partial charge in [-0.3, -0.25) is 0 Å². The summed E-state index contributed by atoms with van der Waals surface area (Å²) in [5.41, 5.74) is 2.48. The summed E-state index contributed by atoms with van der Waals surface area (Å²) in [6, 6.07) is 16.8. The Morgan fingerprint density at radius 2 is 1.82 bits per heavy atom. The van der Waals surface area contributed by atoms with Crippen LogP contribution in [0.15, 0.2) is 59.2 Å². The Kier molecular flexibility index (Phi) is 2.45. The molecule has 0 saturated heterocycles. The van der Waals surface area contributed by atoms with Gasteiger partial charge >= 0.3 is 0 Å². The summed E-state index contributed by atoms with van der Waals surface area (Å²) in [4.78, 5) is 0. The number of hydrogen-bond acceptors (Lipinski definition) is 1. The topological polar surface area (TPSA) is 13.1 Å². The van der Waals surface area contributed by atoms with Gasteiger partial charge in [-0.25, -0.2) is 0 Å². The standard InChI is InChI=1S/C16H14O/c1-2-12-8-9-15-14(10-12)11-17-16(15)13-6-4-3-5-7-13/h3-11H,2H2,1H3. The summed E-state index contributed by atoms with van der Waals surface area (Å²) in [6.45, 7) is 2.17. The van der Waals surface area contributed by atoms with E-state index in [1.165, 1.54) is 16.3 Å². The molecule has 2 aromatic carbocycles. The molecule has 0 atom stereocenters. The van der Waals surface area contributed by atoms with Gasteiger partial charge in [0.25, 0.3) is 0 Å². The van der Waals surface area contributed by atoms with E-state index < -0.39 is 0 Å². The summed E-state index contributed by atoms with van der Waals surface area (Å²) < 4.78 is 5.70. The zero-order valence-electron chi connectivity index (χ0n) is 9.81. The molecule has 0 fully saturated rings. The molecule has 0 amide bonds. The average Bonchev–Trinajstić information content (AvgIpc) is 2.82. The van der Waals surface area contributed by atoms with Crippen molar-refractivity contribution in [2.45, 2.75) is 13.3 Å². The molecule has 1 aromatic heterocycles. The first-order valence-corrected chi connectivity index (χ1v) is 5.94. The van der Waals surface area contributed by atoms with Gasteiger partial charge in [-0.1, -0.05) is 49.4 Å². The van der Waals surface area contributed by atoms with Crippen LogP contribution >= 0.6 is 0 Å². The van der Waals surface area contributed by atoms with Crippen molar-refractivity contribution in [1.82, 2.24) is 0 Å². The van der Waals surface area contributed by atoms with Gasteiger partial charge in [0.2, 0.25) is 0 Å². The molecule has 1 heterocycles. The molecule has 0 N–H and O–H groups in total. The first-order valence-electron chi connectivity index (χ1n) is 5.94. The van der Waals surface area contributed by atoms with Crippen molar-refractivity contribution in [2.24, 2.45) is 0 Å². The maximum absolute atomic E-state index is 5.70. The van der Waals surface area contributed by atoms with Gasteiger partial charge in [0.1, 0.15) is 5.76 Å². The van der Waals surface area contributed by atoms with E-state index in [0.717, 1.165) is 17.7 Å². The number of hydrogen-bond donors (Lipinski definition) is 0. The monoisotopic (exact) mass is 222 g/mol. The predicted molar refractivity (Wildman–Crippen MR) is 71.0 cm³/mol. The van der Waals surface area contributed by atoms with Crippen LogP contribution in [0.2, 0.25) is 0 Å². The Labute approximate surface area is 101 Å². The molecular weight excluding hydrogens is 208 g/mol. The molecule has 0 aliphatic rings. The first kappa shape index (κ1) is 10.2. The minimum atomic E-state index is 0.961. The highest BCUT2D eigenvalue weighted by atomic mass is 16.3. The summed E-state index contributed by atoms with van der Waals surface area (Å²) in [7, 11) is 0. The summed E-state index contributed by atoms with van der Waals surface area (Å²) in [5, 5.41) is 2.37. The maximum atomic E-state index is 5.70. The normalized spacial score (nSPS) is 10.9. The summed E-state index contributed by atoms with van der Waals surface area (Å²) in [5.74, 6) is 0.961. The maximum Gasteiger partial charge on any atom is 0.141 e. The highest BCUT2D eigenvalue weighted by Gasteiger charge is 2.08. The molecule has 3 rings (SSSR count). The van der Waals surface area contributed by atoms with Gasteiger partial charge in [-0.05, 0) is 18.1 Å². The molecule has 0 bridgehead atoms. The molecule has 0 spiro atoms. The molecule has 0 aliphatic heterocycles. The molecule has 1 nitrogen and oxygen atoms in total. The van der Waals surface area contributed by atoms with Gasteiger partial charge in [0, 0.05) is 16.3 Å². The Morgan fingerprint density at radius 3 is 2.59 bits per heavy atom. The van der Waals surface area contributed by atoms with Gasteiger partial charge in [0.05, 0.1) is 6.26 Å². The van der Waals surface area contributed by atoms with E-state index >= 15 is 0 Å². The third-order valence-electron chi connectivity index (χ3n) is 3.11. The molecule has 0 aliphatic carbocycles. The van der Waals surface area contributed by atoms with E-state index in [4.69, 9.17) is 4.42 Å². The van der Waals surface area contributed by atoms with Crippen LogP contribution in [0.1, 0.15) is 12.5 Å². The van der Waals surface area contributed by atoms with E-state index in [0.29, 0.717) is 0 Å². The smallest absolute Gasteiger partial charge is 0.141 e. The van der Waals surface area contributed by atoms with Gasteiger partial charge in [-0.15, -0.1) is 0 Å². The lowest BCUT2D eigenvalue weighted by Crippen LogP contribution is -1.79. The van der Waals surface area contributed by atoms with Crippen molar-refractivity contribution in [3.05, 3.63) is 60.4 Å². The van der Waals surface area contributed by atoms with E-state index in [1.807, 2.05) is 24.5 Å². The second-order valence-electron chi connectivity index (χ2n) is 4.21. The molecular formula is C16H14O. The second-order valence-corrected chi connectivity index (χ2v) is 4.21. The number of aryl methyl sites for hydroxylation is 1. The lowest BCUT2D eigenvalue weighted by molar-refractivity contribution is 0.587. The number of benzene rings is 2. The highest BCUT2D eigenvalue weighted by molar-refractivity contribution is 5.94. The minimum absolute atomic E-state index is 0.961. The molecule has 0 unspecified atom stereocenters. The van der Waals surface area contributed by atoms with Crippen LogP contribution in [0.5, 0.6) is 0 Å². The minimum Gasteiger partial charge on any atom is -0.463 e. The predicted octanol–water partition coefficient (Wildman–Crippen LogP) is 4.66.